The fourth-order valence-electron chi connectivity index (χ4n) is 2.66. The van der Waals surface area contributed by atoms with Crippen molar-refractivity contribution in [3.63, 3.8) is 0 Å². The number of nitrogens with zero attached hydrogens (tertiary/aromatic N) is 1. The van der Waals surface area contributed by atoms with Gasteiger partial charge in [0.25, 0.3) is 0 Å². The van der Waals surface area contributed by atoms with Crippen LogP contribution in [0.1, 0.15) is 18.1 Å². The maximum absolute atomic E-state index is 10.7. The average molecular weight is 205 g/mol. The molecule has 1 saturated heterocycles. The van der Waals surface area contributed by atoms with E-state index < -0.39 is 5.60 Å². The molecular weight excluding hydrogens is 186 g/mol. The summed E-state index contributed by atoms with van der Waals surface area (Å²) < 4.78 is 0. The molecule has 1 aliphatic rings. The number of aryl methyl sites for hydroxylation is 1. The molecule has 0 saturated carbocycles. The number of benzene rings is 1. The molecule has 15 heavy (non-hydrogen) atoms. The molecule has 0 aromatic heterocycles. The molecule has 2 rings (SSSR count). The second-order valence-corrected chi connectivity index (χ2v) is 4.84. The van der Waals surface area contributed by atoms with Gasteiger partial charge in [-0.05, 0) is 25.1 Å². The minimum atomic E-state index is -0.667. The molecular formula is C13H19NO. The summed E-state index contributed by atoms with van der Waals surface area (Å²) in [5, 5.41) is 10.7. The van der Waals surface area contributed by atoms with E-state index in [1.165, 1.54) is 5.56 Å². The van der Waals surface area contributed by atoms with Crippen LogP contribution in [0.4, 0.5) is 0 Å². The minimum Gasteiger partial charge on any atom is -0.383 e. The van der Waals surface area contributed by atoms with Crippen molar-refractivity contribution in [2.24, 2.45) is 5.92 Å². The summed E-state index contributed by atoms with van der Waals surface area (Å²) in [5.41, 5.74) is 1.60. The van der Waals surface area contributed by atoms with Gasteiger partial charge >= 0.3 is 0 Å². The minimum absolute atomic E-state index is 0.295. The standard InChI is InChI=1S/C13H19NO/c1-10-6-4-5-7-12(10)13(15)9-14(3)8-11(13)2/h4-7,11,15H,8-9H2,1-3H3/t11-,13-/m0/s1. The number of β-amino-alcohol motifs (C(OH)–C–C–N with tert-alkyl or cyclic N) is 1. The summed E-state index contributed by atoms with van der Waals surface area (Å²) in [6.07, 6.45) is 0. The number of aliphatic hydroxyl groups is 1. The number of likely N-dealkylation sites (tertiary alicyclic amines) is 1. The van der Waals surface area contributed by atoms with Crippen molar-refractivity contribution < 1.29 is 5.11 Å². The summed E-state index contributed by atoms with van der Waals surface area (Å²) in [5.74, 6) is 0.295. The lowest BCUT2D eigenvalue weighted by Gasteiger charge is -2.29. The van der Waals surface area contributed by atoms with Gasteiger partial charge in [0.2, 0.25) is 0 Å². The average Bonchev–Trinajstić information content (AvgIpc) is 2.42. The van der Waals surface area contributed by atoms with Crippen molar-refractivity contribution in [3.8, 4) is 0 Å². The molecule has 1 aromatic carbocycles. The number of likely N-dealkylation sites (N-methyl/N-ethyl adjacent to an activating group) is 1. The molecule has 1 fully saturated rings. The van der Waals surface area contributed by atoms with Crippen LogP contribution >= 0.6 is 0 Å². The van der Waals surface area contributed by atoms with E-state index >= 15 is 0 Å². The SMILES string of the molecule is Cc1ccccc1[C@]1(O)CN(C)C[C@@H]1C. The van der Waals surface area contributed by atoms with Gasteiger partial charge in [-0.3, -0.25) is 0 Å². The predicted octanol–water partition coefficient (Wildman–Crippen LogP) is 1.76. The van der Waals surface area contributed by atoms with Crippen molar-refractivity contribution >= 4 is 0 Å². The normalized spacial score (nSPS) is 32.1. The zero-order valence-electron chi connectivity index (χ0n) is 9.70. The van der Waals surface area contributed by atoms with E-state index in [4.69, 9.17) is 0 Å². The van der Waals surface area contributed by atoms with Crippen LogP contribution in [0.5, 0.6) is 0 Å². The van der Waals surface area contributed by atoms with Gasteiger partial charge in [0.05, 0.1) is 0 Å². The number of hydrogen-bond donors (Lipinski definition) is 1. The Morgan fingerprint density at radius 2 is 2.07 bits per heavy atom. The summed E-state index contributed by atoms with van der Waals surface area (Å²) in [6.45, 7) is 5.89. The molecule has 2 atom stereocenters. The third kappa shape index (κ3) is 1.68. The third-order valence-corrected chi connectivity index (χ3v) is 3.52. The quantitative estimate of drug-likeness (QED) is 0.755. The molecule has 0 radical (unpaired) electrons. The second-order valence-electron chi connectivity index (χ2n) is 4.84. The van der Waals surface area contributed by atoms with Crippen LogP contribution in [0.15, 0.2) is 24.3 Å². The Kier molecular flexibility index (Phi) is 2.57. The number of hydrogen-bond acceptors (Lipinski definition) is 2. The lowest BCUT2D eigenvalue weighted by atomic mass is 9.83. The van der Waals surface area contributed by atoms with Gasteiger partial charge in [-0.15, -0.1) is 0 Å². The zero-order valence-corrected chi connectivity index (χ0v) is 9.70. The summed E-state index contributed by atoms with van der Waals surface area (Å²) in [4.78, 5) is 2.19. The zero-order chi connectivity index (χ0) is 11.1. The fourth-order valence-corrected chi connectivity index (χ4v) is 2.66. The first-order valence-corrected chi connectivity index (χ1v) is 5.51. The molecule has 0 amide bonds. The third-order valence-electron chi connectivity index (χ3n) is 3.52. The van der Waals surface area contributed by atoms with E-state index in [-0.39, 0.29) is 0 Å². The van der Waals surface area contributed by atoms with E-state index in [1.54, 1.807) is 0 Å². The maximum atomic E-state index is 10.7. The van der Waals surface area contributed by atoms with Crippen molar-refractivity contribution in [2.75, 3.05) is 20.1 Å². The van der Waals surface area contributed by atoms with Gasteiger partial charge in [-0.2, -0.15) is 0 Å². The highest BCUT2D eigenvalue weighted by Gasteiger charge is 2.43. The van der Waals surface area contributed by atoms with Crippen molar-refractivity contribution in [3.05, 3.63) is 35.4 Å². The van der Waals surface area contributed by atoms with Gasteiger partial charge in [-0.1, -0.05) is 31.2 Å². The van der Waals surface area contributed by atoms with Crippen LogP contribution in [-0.4, -0.2) is 30.1 Å². The molecule has 2 heteroatoms. The summed E-state index contributed by atoms with van der Waals surface area (Å²) >= 11 is 0. The molecule has 82 valence electrons. The van der Waals surface area contributed by atoms with Gasteiger partial charge in [0.15, 0.2) is 0 Å². The molecule has 1 aromatic rings. The van der Waals surface area contributed by atoms with E-state index in [9.17, 15) is 5.11 Å². The van der Waals surface area contributed by atoms with Gasteiger partial charge < -0.3 is 10.0 Å². The molecule has 0 spiro atoms. The fraction of sp³-hybridized carbons (Fsp3) is 0.538. The highest BCUT2D eigenvalue weighted by Crippen LogP contribution is 2.37. The van der Waals surface area contributed by atoms with Crippen LogP contribution in [-0.2, 0) is 5.60 Å². The van der Waals surface area contributed by atoms with Gasteiger partial charge in [-0.25, -0.2) is 0 Å². The van der Waals surface area contributed by atoms with Crippen LogP contribution in [0, 0.1) is 12.8 Å². The first-order chi connectivity index (χ1) is 7.04. The van der Waals surface area contributed by atoms with Crippen molar-refractivity contribution in [2.45, 2.75) is 19.4 Å². The Morgan fingerprint density at radius 3 is 2.60 bits per heavy atom. The Labute approximate surface area is 91.5 Å². The van der Waals surface area contributed by atoms with Crippen LogP contribution < -0.4 is 0 Å². The Hall–Kier alpha value is -0.860. The van der Waals surface area contributed by atoms with Crippen LogP contribution in [0.25, 0.3) is 0 Å². The smallest absolute Gasteiger partial charge is 0.106 e. The second kappa shape index (κ2) is 3.62. The van der Waals surface area contributed by atoms with Crippen molar-refractivity contribution in [1.82, 2.24) is 4.90 Å². The predicted molar refractivity (Wildman–Crippen MR) is 61.7 cm³/mol. The topological polar surface area (TPSA) is 23.5 Å². The highest BCUT2D eigenvalue weighted by molar-refractivity contribution is 5.33. The largest absolute Gasteiger partial charge is 0.383 e. The van der Waals surface area contributed by atoms with Crippen molar-refractivity contribution in [1.29, 1.82) is 0 Å². The van der Waals surface area contributed by atoms with Gasteiger partial charge in [0.1, 0.15) is 5.60 Å². The Bertz CT molecular complexity index is 363. The van der Waals surface area contributed by atoms with E-state index in [0.717, 1.165) is 18.7 Å². The Morgan fingerprint density at radius 1 is 1.40 bits per heavy atom. The molecule has 0 bridgehead atoms. The monoisotopic (exact) mass is 205 g/mol. The number of rotatable bonds is 1. The van der Waals surface area contributed by atoms with E-state index in [0.29, 0.717) is 5.92 Å². The molecule has 0 aliphatic carbocycles. The molecule has 0 unspecified atom stereocenters. The first-order valence-electron chi connectivity index (χ1n) is 5.51. The van der Waals surface area contributed by atoms with Crippen LogP contribution in [0.3, 0.4) is 0 Å². The summed E-state index contributed by atoms with van der Waals surface area (Å²) in [6, 6.07) is 8.14. The highest BCUT2D eigenvalue weighted by atomic mass is 16.3. The first kappa shape index (κ1) is 10.7. The molecule has 1 N–H and O–H groups in total. The van der Waals surface area contributed by atoms with E-state index in [2.05, 4.69) is 31.9 Å². The summed E-state index contributed by atoms with van der Waals surface area (Å²) in [7, 11) is 2.06. The van der Waals surface area contributed by atoms with Gasteiger partial charge in [0, 0.05) is 19.0 Å². The van der Waals surface area contributed by atoms with Crippen LogP contribution in [0.2, 0.25) is 0 Å². The van der Waals surface area contributed by atoms with E-state index in [1.807, 2.05) is 18.2 Å². The lowest BCUT2D eigenvalue weighted by molar-refractivity contribution is 0.0140. The maximum Gasteiger partial charge on any atom is 0.106 e. The molecule has 1 aliphatic heterocycles. The molecule has 1 heterocycles. The lowest BCUT2D eigenvalue weighted by Crippen LogP contribution is -2.34. The Balaban J connectivity index is 2.42. The molecule has 2 nitrogen and oxygen atoms in total.